The largest absolute Gasteiger partial charge is 0.490 e. The summed E-state index contributed by atoms with van der Waals surface area (Å²) in [6.07, 6.45) is 1.79. The van der Waals surface area contributed by atoms with E-state index in [1.54, 1.807) is 18.2 Å². The van der Waals surface area contributed by atoms with E-state index in [1.807, 2.05) is 31.2 Å². The Morgan fingerprint density at radius 3 is 2.73 bits per heavy atom. The van der Waals surface area contributed by atoms with E-state index in [2.05, 4.69) is 15.9 Å². The number of ether oxygens (including phenoxy) is 2. The molecule has 1 heterocycles. The maximum Gasteiger partial charge on any atom is 0.341 e. The second-order valence-corrected chi connectivity index (χ2v) is 7.32. The number of allylic oxidation sites excluding steroid dienone is 1. The van der Waals surface area contributed by atoms with Crippen molar-refractivity contribution >= 4 is 45.5 Å². The average molecular weight is 435 g/mol. The Balaban J connectivity index is 1.94. The fraction of sp³-hybridized carbons (Fsp3) is 0.158. The van der Waals surface area contributed by atoms with E-state index < -0.39 is 12.6 Å². The van der Waals surface area contributed by atoms with Crippen LogP contribution in [0.3, 0.4) is 0 Å². The summed E-state index contributed by atoms with van der Waals surface area (Å²) in [5.74, 6) is -0.338. The summed E-state index contributed by atoms with van der Waals surface area (Å²) in [5, 5.41) is 8.81. The van der Waals surface area contributed by atoms with E-state index in [4.69, 9.17) is 14.6 Å². The molecule has 0 spiro atoms. The number of carbonyl (C=O) groups is 2. The summed E-state index contributed by atoms with van der Waals surface area (Å²) in [4.78, 5) is 24.8. The lowest BCUT2D eigenvalue weighted by atomic mass is 10.1. The Morgan fingerprint density at radius 1 is 1.27 bits per heavy atom. The molecule has 134 valence electrons. The number of fused-ring (bicyclic) bond motifs is 1. The van der Waals surface area contributed by atoms with Gasteiger partial charge in [-0.1, -0.05) is 23.9 Å². The van der Waals surface area contributed by atoms with Gasteiger partial charge in [0.2, 0.25) is 5.78 Å². The van der Waals surface area contributed by atoms with Gasteiger partial charge in [-0.15, -0.1) is 0 Å². The van der Waals surface area contributed by atoms with Crippen molar-refractivity contribution in [3.8, 4) is 11.5 Å². The fourth-order valence-corrected chi connectivity index (χ4v) is 4.12. The van der Waals surface area contributed by atoms with Gasteiger partial charge < -0.3 is 14.6 Å². The highest BCUT2D eigenvalue weighted by atomic mass is 79.9. The second-order valence-electron chi connectivity index (χ2n) is 5.38. The van der Waals surface area contributed by atoms with Gasteiger partial charge in [-0.2, -0.15) is 0 Å². The van der Waals surface area contributed by atoms with E-state index in [1.165, 1.54) is 11.8 Å². The highest BCUT2D eigenvalue weighted by molar-refractivity contribution is 9.10. The van der Waals surface area contributed by atoms with Crippen molar-refractivity contribution in [3.05, 3.63) is 56.9 Å². The minimum absolute atomic E-state index is 0.00844. The molecule has 1 aliphatic heterocycles. The van der Waals surface area contributed by atoms with Crippen molar-refractivity contribution in [1.29, 1.82) is 0 Å². The topological polar surface area (TPSA) is 72.8 Å². The molecule has 2 aromatic carbocycles. The number of ketones is 1. The number of halogens is 1. The van der Waals surface area contributed by atoms with Crippen molar-refractivity contribution in [1.82, 2.24) is 0 Å². The van der Waals surface area contributed by atoms with Gasteiger partial charge in [-0.05, 0) is 58.8 Å². The van der Waals surface area contributed by atoms with Gasteiger partial charge in [0.05, 0.1) is 16.0 Å². The standard InChI is InChI=1S/C19H15BrO5S/c1-2-24-14-8-11(7-13(20)19(14)25-10-17(21)22)9-16-18(23)12-5-3-4-6-15(12)26-16/h3-9H,2,10H2,1H3,(H,21,22). The molecule has 0 atom stereocenters. The summed E-state index contributed by atoms with van der Waals surface area (Å²) in [6, 6.07) is 11.0. The zero-order valence-corrected chi connectivity index (χ0v) is 16.2. The summed E-state index contributed by atoms with van der Waals surface area (Å²) >= 11 is 4.82. The van der Waals surface area contributed by atoms with Crippen LogP contribution >= 0.6 is 27.7 Å². The van der Waals surface area contributed by atoms with Crippen LogP contribution in [0.5, 0.6) is 11.5 Å². The first kappa shape index (κ1) is 18.5. The number of carboxylic acid groups (broad SMARTS) is 1. The van der Waals surface area contributed by atoms with Gasteiger partial charge in [-0.25, -0.2) is 4.79 Å². The molecule has 0 aliphatic carbocycles. The van der Waals surface area contributed by atoms with Crippen molar-refractivity contribution < 1.29 is 24.2 Å². The van der Waals surface area contributed by atoms with Crippen LogP contribution in [0.15, 0.2) is 50.7 Å². The first-order valence-corrected chi connectivity index (χ1v) is 9.44. The third-order valence-corrected chi connectivity index (χ3v) is 5.23. The monoisotopic (exact) mass is 434 g/mol. The zero-order valence-electron chi connectivity index (χ0n) is 13.8. The lowest BCUT2D eigenvalue weighted by molar-refractivity contribution is -0.139. The summed E-state index contributed by atoms with van der Waals surface area (Å²) in [5.41, 5.74) is 1.46. The molecule has 1 aliphatic rings. The number of rotatable bonds is 6. The van der Waals surface area contributed by atoms with Gasteiger partial charge in [0.1, 0.15) is 0 Å². The number of aliphatic carboxylic acids is 1. The molecule has 26 heavy (non-hydrogen) atoms. The van der Waals surface area contributed by atoms with Crippen LogP contribution in [0.4, 0.5) is 0 Å². The van der Waals surface area contributed by atoms with Crippen molar-refractivity contribution in [2.45, 2.75) is 11.8 Å². The van der Waals surface area contributed by atoms with E-state index in [0.29, 0.717) is 33.0 Å². The number of Topliss-reactive ketones (excluding diaryl/α,β-unsaturated/α-hetero) is 1. The summed E-state index contributed by atoms with van der Waals surface area (Å²) in [7, 11) is 0. The molecule has 0 radical (unpaired) electrons. The smallest absolute Gasteiger partial charge is 0.341 e. The third-order valence-electron chi connectivity index (χ3n) is 3.54. The van der Waals surface area contributed by atoms with E-state index >= 15 is 0 Å². The van der Waals surface area contributed by atoms with Crippen LogP contribution in [-0.4, -0.2) is 30.1 Å². The summed E-state index contributed by atoms with van der Waals surface area (Å²) < 4.78 is 11.4. The molecule has 0 saturated carbocycles. The predicted molar refractivity (Wildman–Crippen MR) is 103 cm³/mol. The SMILES string of the molecule is CCOc1cc(C=C2Sc3ccccc3C2=O)cc(Br)c1OCC(=O)O. The lowest BCUT2D eigenvalue weighted by Crippen LogP contribution is -2.11. The maximum atomic E-state index is 12.5. The third kappa shape index (κ3) is 3.94. The molecule has 2 aromatic rings. The molecule has 0 unspecified atom stereocenters. The average Bonchev–Trinajstić information content (AvgIpc) is 2.90. The molecule has 0 saturated heterocycles. The van der Waals surface area contributed by atoms with Gasteiger partial charge in [-0.3, -0.25) is 4.79 Å². The Labute approximate surface area is 163 Å². The molecule has 0 fully saturated rings. The highest BCUT2D eigenvalue weighted by Gasteiger charge is 2.25. The first-order chi connectivity index (χ1) is 12.5. The number of carbonyl (C=O) groups excluding carboxylic acids is 1. The number of hydrogen-bond acceptors (Lipinski definition) is 5. The maximum absolute atomic E-state index is 12.5. The van der Waals surface area contributed by atoms with Crippen LogP contribution in [0.1, 0.15) is 22.8 Å². The Hall–Kier alpha value is -2.25. The van der Waals surface area contributed by atoms with Gasteiger partial charge >= 0.3 is 5.97 Å². The van der Waals surface area contributed by atoms with Gasteiger partial charge in [0.25, 0.3) is 0 Å². The summed E-state index contributed by atoms with van der Waals surface area (Å²) in [6.45, 7) is 1.75. The number of hydrogen-bond donors (Lipinski definition) is 1. The molecule has 0 bridgehead atoms. The lowest BCUT2D eigenvalue weighted by Gasteiger charge is -2.13. The van der Waals surface area contributed by atoms with Gasteiger partial charge in [0, 0.05) is 10.5 Å². The van der Waals surface area contributed by atoms with Crippen LogP contribution < -0.4 is 9.47 Å². The normalized spacial score (nSPS) is 14.4. The molecular weight excluding hydrogens is 420 g/mol. The van der Waals surface area contributed by atoms with E-state index in [9.17, 15) is 9.59 Å². The number of thioether (sulfide) groups is 1. The molecular formula is C19H15BrO5S. The van der Waals surface area contributed by atoms with Crippen LogP contribution in [-0.2, 0) is 4.79 Å². The molecule has 5 nitrogen and oxygen atoms in total. The Morgan fingerprint density at radius 2 is 2.04 bits per heavy atom. The fourth-order valence-electron chi connectivity index (χ4n) is 2.50. The van der Waals surface area contributed by atoms with Crippen LogP contribution in [0.25, 0.3) is 6.08 Å². The predicted octanol–water partition coefficient (Wildman–Crippen LogP) is 4.64. The number of carboxylic acids is 1. The molecule has 7 heteroatoms. The minimum Gasteiger partial charge on any atom is -0.490 e. The zero-order chi connectivity index (χ0) is 18.7. The van der Waals surface area contributed by atoms with E-state index in [0.717, 1.165) is 10.5 Å². The Bertz CT molecular complexity index is 907. The van der Waals surface area contributed by atoms with Crippen LogP contribution in [0.2, 0.25) is 0 Å². The van der Waals surface area contributed by atoms with Crippen molar-refractivity contribution in [2.75, 3.05) is 13.2 Å². The molecule has 0 aromatic heterocycles. The van der Waals surface area contributed by atoms with Crippen LogP contribution in [0, 0.1) is 0 Å². The minimum atomic E-state index is -1.07. The molecule has 1 N–H and O–H groups in total. The second kappa shape index (κ2) is 7.97. The first-order valence-electron chi connectivity index (χ1n) is 7.83. The van der Waals surface area contributed by atoms with Crippen molar-refractivity contribution in [2.24, 2.45) is 0 Å². The molecule has 0 amide bonds. The highest BCUT2D eigenvalue weighted by Crippen LogP contribution is 2.42. The quantitative estimate of drug-likeness (QED) is 0.667. The van der Waals surface area contributed by atoms with Crippen molar-refractivity contribution in [3.63, 3.8) is 0 Å². The Kier molecular flexibility index (Phi) is 5.68. The van der Waals surface area contributed by atoms with E-state index in [-0.39, 0.29) is 5.78 Å². The molecule has 3 rings (SSSR count). The van der Waals surface area contributed by atoms with Gasteiger partial charge in [0.15, 0.2) is 18.1 Å². The number of benzene rings is 2.